The number of rotatable bonds is 0. The van der Waals surface area contributed by atoms with Gasteiger partial charge in [-0.15, -0.1) is 0 Å². The van der Waals surface area contributed by atoms with Gasteiger partial charge in [-0.3, -0.25) is 0 Å². The molecule has 9 heavy (non-hydrogen) atoms. The Balaban J connectivity index is 2.32. The number of hydrogen-bond donors (Lipinski definition) is 0. The molecule has 3 heteroatoms. The molecule has 2 nitrogen and oxygen atoms in total. The van der Waals surface area contributed by atoms with Crippen molar-refractivity contribution in [2.24, 2.45) is 0 Å². The lowest BCUT2D eigenvalue weighted by Gasteiger charge is -2.23. The summed E-state index contributed by atoms with van der Waals surface area (Å²) >= 11 is 1.88. The van der Waals surface area contributed by atoms with E-state index in [0.717, 1.165) is 24.6 Å². The lowest BCUT2D eigenvalue weighted by Crippen LogP contribution is -2.33. The Morgan fingerprint density at radius 3 is 1.89 bits per heavy atom. The topological polar surface area (TPSA) is 6.48 Å². The molecule has 0 aromatic heterocycles. The van der Waals surface area contributed by atoms with Crippen LogP contribution >= 0.6 is 11.8 Å². The molecule has 0 aromatic rings. The lowest BCUT2D eigenvalue weighted by atomic mass is 10.7. The third kappa shape index (κ3) is 2.16. The second kappa shape index (κ2) is 3.44. The third-order valence-corrected chi connectivity index (χ3v) is 2.20. The first-order chi connectivity index (χ1) is 4.30. The van der Waals surface area contributed by atoms with E-state index < -0.39 is 0 Å². The maximum Gasteiger partial charge on any atom is 0.0618 e. The van der Waals surface area contributed by atoms with E-state index in [2.05, 4.69) is 0 Å². The molecule has 0 unspecified atom stereocenters. The summed E-state index contributed by atoms with van der Waals surface area (Å²) in [7, 11) is 11.0. The summed E-state index contributed by atoms with van der Waals surface area (Å²) in [6, 6.07) is 0. The molecule has 0 aromatic carbocycles. The summed E-state index contributed by atoms with van der Waals surface area (Å²) in [5.74, 6) is 2.15. The standard InChI is InChI=1S/C6H10N2S/c1-7-3-5-9-6-4-8(7)2/h1-2H,3-6H2. The summed E-state index contributed by atoms with van der Waals surface area (Å²) in [4.78, 5) is 0. The van der Waals surface area contributed by atoms with Gasteiger partial charge in [-0.05, 0) is 0 Å². The second-order valence-corrected chi connectivity index (χ2v) is 3.16. The zero-order valence-electron chi connectivity index (χ0n) is 5.29. The van der Waals surface area contributed by atoms with Gasteiger partial charge in [0.2, 0.25) is 0 Å². The van der Waals surface area contributed by atoms with Gasteiger partial charge in [0.05, 0.1) is 14.1 Å². The first-order valence-corrected chi connectivity index (χ1v) is 4.08. The number of thioether (sulfide) groups is 1. The van der Waals surface area contributed by atoms with Crippen molar-refractivity contribution in [3.8, 4) is 0 Å². The van der Waals surface area contributed by atoms with Crippen molar-refractivity contribution < 1.29 is 0 Å². The Morgan fingerprint density at radius 1 is 1.00 bits per heavy atom. The van der Waals surface area contributed by atoms with Gasteiger partial charge < -0.3 is 0 Å². The van der Waals surface area contributed by atoms with E-state index in [-0.39, 0.29) is 0 Å². The molecule has 0 aliphatic carbocycles. The maximum absolute atomic E-state index is 5.50. The van der Waals surface area contributed by atoms with Crippen LogP contribution < -0.4 is 0 Å². The van der Waals surface area contributed by atoms with E-state index in [1.165, 1.54) is 0 Å². The Bertz CT molecular complexity index is 77.1. The van der Waals surface area contributed by atoms with Crippen molar-refractivity contribution in [1.82, 2.24) is 10.0 Å². The predicted octanol–water partition coefficient (Wildman–Crippen LogP) is 0.589. The highest BCUT2D eigenvalue weighted by Crippen LogP contribution is 2.08. The summed E-state index contributed by atoms with van der Waals surface area (Å²) in [6.45, 7) is 1.70. The highest BCUT2D eigenvalue weighted by atomic mass is 32.2. The fourth-order valence-corrected chi connectivity index (χ4v) is 1.51. The summed E-state index contributed by atoms with van der Waals surface area (Å²) in [5, 5.41) is 3.11. The van der Waals surface area contributed by atoms with Crippen LogP contribution in [-0.2, 0) is 0 Å². The quantitative estimate of drug-likeness (QED) is 0.489. The normalized spacial score (nSPS) is 26.0. The largest absolute Gasteiger partial charge is 0.234 e. The van der Waals surface area contributed by atoms with Gasteiger partial charge in [0, 0.05) is 24.6 Å². The van der Waals surface area contributed by atoms with Crippen molar-refractivity contribution >= 4 is 11.8 Å². The van der Waals surface area contributed by atoms with Gasteiger partial charge in [-0.2, -0.15) is 11.8 Å². The molecule has 1 saturated heterocycles. The molecule has 0 bridgehead atoms. The second-order valence-electron chi connectivity index (χ2n) is 1.94. The highest BCUT2D eigenvalue weighted by molar-refractivity contribution is 7.99. The van der Waals surface area contributed by atoms with Gasteiger partial charge in [0.25, 0.3) is 0 Å². The Morgan fingerprint density at radius 2 is 1.44 bits per heavy atom. The first kappa shape index (κ1) is 7.38. The van der Waals surface area contributed by atoms with E-state index in [1.54, 1.807) is 10.0 Å². The molecule has 0 spiro atoms. The Labute approximate surface area is 61.2 Å². The maximum atomic E-state index is 5.50. The van der Waals surface area contributed by atoms with Crippen molar-refractivity contribution in [2.45, 2.75) is 0 Å². The van der Waals surface area contributed by atoms with Crippen LogP contribution in [0, 0.1) is 14.1 Å². The van der Waals surface area contributed by atoms with Gasteiger partial charge in [-0.1, -0.05) is 0 Å². The molecule has 1 aliphatic rings. The Kier molecular flexibility index (Phi) is 2.82. The molecule has 0 saturated carbocycles. The minimum Gasteiger partial charge on any atom is -0.234 e. The van der Waals surface area contributed by atoms with Crippen molar-refractivity contribution in [2.75, 3.05) is 24.6 Å². The number of hydrazine groups is 1. The Hall–Kier alpha value is 0.270. The van der Waals surface area contributed by atoms with Crippen LogP contribution in [0.4, 0.5) is 0 Å². The predicted molar refractivity (Wildman–Crippen MR) is 39.3 cm³/mol. The van der Waals surface area contributed by atoms with Crippen molar-refractivity contribution in [3.05, 3.63) is 14.1 Å². The molecular formula is C6H10N2S. The van der Waals surface area contributed by atoms with Gasteiger partial charge >= 0.3 is 0 Å². The van der Waals surface area contributed by atoms with Crippen LogP contribution in [0.15, 0.2) is 0 Å². The molecule has 4 radical (unpaired) electrons. The van der Waals surface area contributed by atoms with Crippen LogP contribution in [0.25, 0.3) is 0 Å². The van der Waals surface area contributed by atoms with Crippen LogP contribution in [0.3, 0.4) is 0 Å². The number of nitrogens with zero attached hydrogens (tertiary/aromatic N) is 2. The lowest BCUT2D eigenvalue weighted by molar-refractivity contribution is 0.0870. The average Bonchev–Trinajstić information content (AvgIpc) is 1.99. The van der Waals surface area contributed by atoms with E-state index in [4.69, 9.17) is 14.1 Å². The SMILES string of the molecule is [CH]N1CCSCCN1[CH]. The summed E-state index contributed by atoms with van der Waals surface area (Å²) in [5.41, 5.74) is 0. The monoisotopic (exact) mass is 142 g/mol. The molecule has 0 amide bonds. The van der Waals surface area contributed by atoms with E-state index in [0.29, 0.717) is 0 Å². The zero-order valence-corrected chi connectivity index (χ0v) is 6.10. The average molecular weight is 142 g/mol. The van der Waals surface area contributed by atoms with Crippen molar-refractivity contribution in [1.29, 1.82) is 0 Å². The molecule has 0 atom stereocenters. The fraction of sp³-hybridized carbons (Fsp3) is 0.667. The molecule has 0 N–H and O–H groups in total. The van der Waals surface area contributed by atoms with Crippen LogP contribution in [0.1, 0.15) is 0 Å². The molecule has 1 aliphatic heterocycles. The minimum absolute atomic E-state index is 0.848. The van der Waals surface area contributed by atoms with E-state index >= 15 is 0 Å². The van der Waals surface area contributed by atoms with Crippen LogP contribution in [-0.4, -0.2) is 34.6 Å². The summed E-state index contributed by atoms with van der Waals surface area (Å²) in [6.07, 6.45) is 0. The van der Waals surface area contributed by atoms with Crippen LogP contribution in [0.5, 0.6) is 0 Å². The van der Waals surface area contributed by atoms with E-state index in [1.807, 2.05) is 11.8 Å². The molecule has 1 heterocycles. The van der Waals surface area contributed by atoms with E-state index in [9.17, 15) is 0 Å². The summed E-state index contributed by atoms with van der Waals surface area (Å²) < 4.78 is 0. The van der Waals surface area contributed by atoms with Gasteiger partial charge in [0.15, 0.2) is 0 Å². The smallest absolute Gasteiger partial charge is 0.0618 e. The number of hydrogen-bond acceptors (Lipinski definition) is 3. The first-order valence-electron chi connectivity index (χ1n) is 2.93. The molecular weight excluding hydrogens is 132 g/mol. The van der Waals surface area contributed by atoms with Crippen molar-refractivity contribution in [3.63, 3.8) is 0 Å². The fourth-order valence-electron chi connectivity index (χ4n) is 0.675. The van der Waals surface area contributed by atoms with Gasteiger partial charge in [0.1, 0.15) is 0 Å². The molecule has 1 rings (SSSR count). The molecule has 50 valence electrons. The third-order valence-electron chi connectivity index (χ3n) is 1.26. The molecule has 1 fully saturated rings. The highest BCUT2D eigenvalue weighted by Gasteiger charge is 2.09. The van der Waals surface area contributed by atoms with Crippen LogP contribution in [0.2, 0.25) is 0 Å². The van der Waals surface area contributed by atoms with Gasteiger partial charge in [-0.25, -0.2) is 10.0 Å². The minimum atomic E-state index is 0.848. The zero-order chi connectivity index (χ0) is 6.69.